The SMILES string of the molecule is C=C1CCC(CC)CC1=CC=C1CCCC2(C)C1CCC2C(C)C=CC(C)C(C)C. The van der Waals surface area contributed by atoms with Crippen LogP contribution in [0, 0.1) is 40.9 Å². The Kier molecular flexibility index (Phi) is 7.92. The summed E-state index contributed by atoms with van der Waals surface area (Å²) in [6.07, 6.45) is 22.1. The first-order valence-electron chi connectivity index (χ1n) is 13.0. The Morgan fingerprint density at radius 3 is 2.50 bits per heavy atom. The van der Waals surface area contributed by atoms with Crippen molar-refractivity contribution in [2.24, 2.45) is 40.9 Å². The number of hydrogen-bond donors (Lipinski definition) is 0. The highest BCUT2D eigenvalue weighted by Crippen LogP contribution is 2.59. The van der Waals surface area contributed by atoms with Crippen LogP contribution in [0.1, 0.15) is 99.3 Å². The third-order valence-electron chi connectivity index (χ3n) is 9.34. The lowest BCUT2D eigenvalue weighted by Crippen LogP contribution is -2.35. The van der Waals surface area contributed by atoms with Crippen LogP contribution in [0.2, 0.25) is 0 Å². The number of hydrogen-bond acceptors (Lipinski definition) is 0. The Labute approximate surface area is 188 Å². The van der Waals surface area contributed by atoms with E-state index in [-0.39, 0.29) is 0 Å². The summed E-state index contributed by atoms with van der Waals surface area (Å²) in [5.74, 6) is 4.62. The predicted molar refractivity (Wildman–Crippen MR) is 133 cm³/mol. The van der Waals surface area contributed by atoms with Gasteiger partial charge in [-0.25, -0.2) is 0 Å². The molecule has 0 nitrogen and oxygen atoms in total. The van der Waals surface area contributed by atoms with Gasteiger partial charge in [0.25, 0.3) is 0 Å². The van der Waals surface area contributed by atoms with E-state index >= 15 is 0 Å². The first kappa shape index (κ1) is 23.6. The molecule has 3 fully saturated rings. The van der Waals surface area contributed by atoms with Crippen LogP contribution < -0.4 is 0 Å². The van der Waals surface area contributed by atoms with Crippen LogP contribution in [0.15, 0.2) is 47.6 Å². The van der Waals surface area contributed by atoms with Gasteiger partial charge in [-0.05, 0) is 97.9 Å². The van der Waals surface area contributed by atoms with Crippen molar-refractivity contribution in [3.8, 4) is 0 Å². The smallest absolute Gasteiger partial charge is 0.0143 e. The Morgan fingerprint density at radius 2 is 1.80 bits per heavy atom. The van der Waals surface area contributed by atoms with E-state index in [2.05, 4.69) is 72.4 Å². The molecule has 0 saturated heterocycles. The van der Waals surface area contributed by atoms with E-state index in [1.54, 1.807) is 11.1 Å². The molecular weight excluding hydrogens is 360 g/mol. The highest BCUT2D eigenvalue weighted by molar-refractivity contribution is 5.36. The van der Waals surface area contributed by atoms with Gasteiger partial charge in [-0.3, -0.25) is 0 Å². The van der Waals surface area contributed by atoms with Gasteiger partial charge in [-0.15, -0.1) is 0 Å². The summed E-state index contributed by atoms with van der Waals surface area (Å²) < 4.78 is 0. The summed E-state index contributed by atoms with van der Waals surface area (Å²) >= 11 is 0. The van der Waals surface area contributed by atoms with E-state index in [0.717, 1.165) is 23.7 Å². The topological polar surface area (TPSA) is 0 Å². The molecule has 3 saturated carbocycles. The Bertz CT molecular complexity index is 687. The van der Waals surface area contributed by atoms with Crippen molar-refractivity contribution in [2.45, 2.75) is 99.3 Å². The van der Waals surface area contributed by atoms with Gasteiger partial charge in [0.15, 0.2) is 0 Å². The lowest BCUT2D eigenvalue weighted by Gasteiger charge is -2.44. The number of rotatable bonds is 6. The average molecular weight is 409 g/mol. The molecule has 0 heterocycles. The van der Waals surface area contributed by atoms with Gasteiger partial charge < -0.3 is 0 Å². The second kappa shape index (κ2) is 10.1. The molecular formula is C30H48. The quantitative estimate of drug-likeness (QED) is 0.384. The minimum atomic E-state index is 0.489. The van der Waals surface area contributed by atoms with Crippen molar-refractivity contribution in [3.63, 3.8) is 0 Å². The molecule has 3 aliphatic rings. The van der Waals surface area contributed by atoms with E-state index < -0.39 is 0 Å². The molecule has 0 aromatic heterocycles. The van der Waals surface area contributed by atoms with Gasteiger partial charge in [0.2, 0.25) is 0 Å². The third-order valence-corrected chi connectivity index (χ3v) is 9.34. The third kappa shape index (κ3) is 5.05. The van der Waals surface area contributed by atoms with Crippen molar-refractivity contribution in [2.75, 3.05) is 0 Å². The lowest BCUT2D eigenvalue weighted by atomic mass is 9.61. The highest BCUT2D eigenvalue weighted by atomic mass is 14.5. The van der Waals surface area contributed by atoms with E-state index in [9.17, 15) is 0 Å². The Balaban J connectivity index is 1.75. The van der Waals surface area contributed by atoms with Crippen LogP contribution in [0.25, 0.3) is 0 Å². The highest BCUT2D eigenvalue weighted by Gasteiger charge is 2.50. The maximum absolute atomic E-state index is 4.39. The van der Waals surface area contributed by atoms with Crippen LogP contribution in [0.5, 0.6) is 0 Å². The second-order valence-corrected chi connectivity index (χ2v) is 11.5. The molecule has 0 spiro atoms. The fourth-order valence-corrected chi connectivity index (χ4v) is 6.69. The fraction of sp³-hybridized carbons (Fsp3) is 0.733. The van der Waals surface area contributed by atoms with E-state index in [4.69, 9.17) is 0 Å². The first-order chi connectivity index (χ1) is 14.3. The number of allylic oxidation sites excluding steroid dienone is 7. The maximum Gasteiger partial charge on any atom is -0.0143 e. The van der Waals surface area contributed by atoms with Gasteiger partial charge in [0.05, 0.1) is 0 Å². The number of fused-ring (bicyclic) bond motifs is 1. The minimum Gasteiger partial charge on any atom is -0.0956 e. The van der Waals surface area contributed by atoms with Crippen LogP contribution in [-0.4, -0.2) is 0 Å². The maximum atomic E-state index is 4.39. The normalized spacial score (nSPS) is 37.3. The molecule has 0 heteroatoms. The first-order valence-corrected chi connectivity index (χ1v) is 13.0. The van der Waals surface area contributed by atoms with Gasteiger partial charge in [0, 0.05) is 0 Å². The second-order valence-electron chi connectivity index (χ2n) is 11.5. The van der Waals surface area contributed by atoms with Crippen molar-refractivity contribution in [1.29, 1.82) is 0 Å². The lowest BCUT2D eigenvalue weighted by molar-refractivity contribution is 0.112. The zero-order valence-electron chi connectivity index (χ0n) is 20.8. The molecule has 168 valence electrons. The van der Waals surface area contributed by atoms with E-state index in [0.29, 0.717) is 17.3 Å². The standard InChI is InChI=1S/C30H48/c1-8-25-14-13-23(5)27(20-25)16-15-26-10-9-19-30(7)28(17-18-29(26)30)24(6)12-11-22(4)21(2)3/h11-12,15-16,21-22,24-25,28-29H,5,8-10,13-14,17-20H2,1-4,6-7H3. The Morgan fingerprint density at radius 1 is 1.03 bits per heavy atom. The molecule has 30 heavy (non-hydrogen) atoms. The summed E-state index contributed by atoms with van der Waals surface area (Å²) in [5.41, 5.74) is 5.18. The van der Waals surface area contributed by atoms with Gasteiger partial charge in [-0.1, -0.05) is 90.0 Å². The molecule has 0 aliphatic heterocycles. The average Bonchev–Trinajstić information content (AvgIpc) is 3.08. The van der Waals surface area contributed by atoms with Crippen molar-refractivity contribution in [3.05, 3.63) is 47.6 Å². The van der Waals surface area contributed by atoms with Crippen molar-refractivity contribution >= 4 is 0 Å². The summed E-state index contributed by atoms with van der Waals surface area (Å²) in [6.45, 7) is 18.9. The molecule has 0 radical (unpaired) electrons. The molecule has 6 atom stereocenters. The Hall–Kier alpha value is -1.04. The van der Waals surface area contributed by atoms with Gasteiger partial charge in [0.1, 0.15) is 0 Å². The van der Waals surface area contributed by atoms with E-state index in [1.165, 1.54) is 63.4 Å². The largest absolute Gasteiger partial charge is 0.0956 e. The molecule has 0 N–H and O–H groups in total. The molecule has 0 amide bonds. The summed E-state index contributed by atoms with van der Waals surface area (Å²) in [4.78, 5) is 0. The van der Waals surface area contributed by atoms with Crippen LogP contribution >= 0.6 is 0 Å². The van der Waals surface area contributed by atoms with Crippen molar-refractivity contribution in [1.82, 2.24) is 0 Å². The summed E-state index contributed by atoms with van der Waals surface area (Å²) in [5, 5.41) is 0. The van der Waals surface area contributed by atoms with Crippen molar-refractivity contribution < 1.29 is 0 Å². The van der Waals surface area contributed by atoms with E-state index in [1.807, 2.05) is 0 Å². The zero-order chi connectivity index (χ0) is 21.9. The molecule has 3 rings (SSSR count). The molecule has 0 aromatic rings. The van der Waals surface area contributed by atoms with Crippen LogP contribution in [0.4, 0.5) is 0 Å². The molecule has 0 aromatic carbocycles. The monoisotopic (exact) mass is 408 g/mol. The minimum absolute atomic E-state index is 0.489. The zero-order valence-corrected chi connectivity index (χ0v) is 20.8. The van der Waals surface area contributed by atoms with Gasteiger partial charge >= 0.3 is 0 Å². The van der Waals surface area contributed by atoms with Crippen LogP contribution in [0.3, 0.4) is 0 Å². The molecule has 3 aliphatic carbocycles. The predicted octanol–water partition coefficient (Wildman–Crippen LogP) is 9.31. The summed E-state index contributed by atoms with van der Waals surface area (Å²) in [7, 11) is 0. The van der Waals surface area contributed by atoms with Gasteiger partial charge in [-0.2, -0.15) is 0 Å². The molecule has 0 bridgehead atoms. The summed E-state index contributed by atoms with van der Waals surface area (Å²) in [6, 6.07) is 0. The fourth-order valence-electron chi connectivity index (χ4n) is 6.69. The molecule has 6 unspecified atom stereocenters. The van der Waals surface area contributed by atoms with Crippen LogP contribution in [-0.2, 0) is 0 Å².